The molecule has 0 saturated heterocycles. The van der Waals surface area contributed by atoms with Crippen molar-refractivity contribution in [2.75, 3.05) is 27.2 Å². The average Bonchev–Trinajstić information content (AvgIpc) is 2.45. The quantitative estimate of drug-likeness (QED) is 0.834. The maximum atomic E-state index is 12.3. The van der Waals surface area contributed by atoms with Crippen LogP contribution in [0.15, 0.2) is 0 Å². The first-order valence-electron chi connectivity index (χ1n) is 7.23. The van der Waals surface area contributed by atoms with Crippen LogP contribution in [0.4, 0.5) is 13.2 Å². The van der Waals surface area contributed by atoms with E-state index in [2.05, 4.69) is 6.07 Å². The molecular formula is C14H22F3N3O2. The fourth-order valence-corrected chi connectivity index (χ4v) is 2.70. The average molecular weight is 321 g/mol. The van der Waals surface area contributed by atoms with Gasteiger partial charge in [0.1, 0.15) is 5.54 Å². The van der Waals surface area contributed by atoms with Gasteiger partial charge in [0, 0.05) is 13.6 Å². The van der Waals surface area contributed by atoms with Crippen molar-refractivity contribution in [2.24, 2.45) is 0 Å². The number of rotatable bonds is 5. The molecule has 1 rings (SSSR count). The van der Waals surface area contributed by atoms with Crippen molar-refractivity contribution in [2.45, 2.75) is 49.9 Å². The summed E-state index contributed by atoms with van der Waals surface area (Å²) in [5, 5.41) is 18.4. The molecule has 5 nitrogen and oxygen atoms in total. The summed E-state index contributed by atoms with van der Waals surface area (Å²) in [5.74, 6) is -0.416. The Balaban J connectivity index is 2.62. The van der Waals surface area contributed by atoms with Gasteiger partial charge in [0.25, 0.3) is 0 Å². The van der Waals surface area contributed by atoms with Crippen LogP contribution in [-0.4, -0.2) is 65.8 Å². The molecule has 1 aliphatic carbocycles. The van der Waals surface area contributed by atoms with Gasteiger partial charge in [-0.1, -0.05) is 19.3 Å². The number of likely N-dealkylation sites (N-methyl/N-ethyl adjacent to an activating group) is 2. The number of carbonyl (C=O) groups excluding carboxylic acids is 1. The van der Waals surface area contributed by atoms with E-state index in [1.807, 2.05) is 0 Å². The summed E-state index contributed by atoms with van der Waals surface area (Å²) in [4.78, 5) is 14.7. The Morgan fingerprint density at radius 1 is 1.32 bits per heavy atom. The minimum atomic E-state index is -4.71. The van der Waals surface area contributed by atoms with Crippen LogP contribution in [0.5, 0.6) is 0 Å². The second-order valence-corrected chi connectivity index (χ2v) is 5.91. The molecule has 0 aromatic heterocycles. The molecule has 0 radical (unpaired) electrons. The zero-order valence-corrected chi connectivity index (χ0v) is 12.9. The van der Waals surface area contributed by atoms with Crippen molar-refractivity contribution < 1.29 is 23.1 Å². The Bertz CT molecular complexity index is 428. The molecule has 0 aromatic carbocycles. The zero-order valence-electron chi connectivity index (χ0n) is 12.9. The monoisotopic (exact) mass is 321 g/mol. The minimum Gasteiger partial charge on any atom is -0.382 e. The summed E-state index contributed by atoms with van der Waals surface area (Å²) in [6.07, 6.45) is -3.30. The summed E-state index contributed by atoms with van der Waals surface area (Å²) in [6, 6.07) is 2.19. The Morgan fingerprint density at radius 3 is 2.32 bits per heavy atom. The number of hydrogen-bond acceptors (Lipinski definition) is 4. The Kier molecular flexibility index (Phi) is 6.20. The number of aliphatic hydroxyl groups is 1. The smallest absolute Gasteiger partial charge is 0.382 e. The SMILES string of the molecule is CN(CC(=O)N(C)C1(C#N)CCCCC1)CC(O)C(F)(F)F. The molecule has 1 unspecified atom stereocenters. The van der Waals surface area contributed by atoms with E-state index in [9.17, 15) is 23.2 Å². The van der Waals surface area contributed by atoms with Crippen LogP contribution in [-0.2, 0) is 4.79 Å². The lowest BCUT2D eigenvalue weighted by molar-refractivity contribution is -0.207. The largest absolute Gasteiger partial charge is 0.415 e. The molecule has 0 bridgehead atoms. The van der Waals surface area contributed by atoms with Crippen LogP contribution in [0.2, 0.25) is 0 Å². The van der Waals surface area contributed by atoms with Crippen LogP contribution in [0.3, 0.4) is 0 Å². The number of aliphatic hydroxyl groups excluding tert-OH is 1. The Morgan fingerprint density at radius 2 is 1.86 bits per heavy atom. The molecule has 126 valence electrons. The van der Waals surface area contributed by atoms with E-state index in [1.165, 1.54) is 19.0 Å². The van der Waals surface area contributed by atoms with Crippen LogP contribution in [0.25, 0.3) is 0 Å². The first-order chi connectivity index (χ1) is 10.1. The summed E-state index contributed by atoms with van der Waals surface area (Å²) < 4.78 is 36.9. The predicted octanol–water partition coefficient (Wildman–Crippen LogP) is 1.53. The van der Waals surface area contributed by atoms with Gasteiger partial charge in [-0.05, 0) is 19.9 Å². The molecule has 0 aromatic rings. The predicted molar refractivity (Wildman–Crippen MR) is 73.8 cm³/mol. The number of carbonyl (C=O) groups is 1. The van der Waals surface area contributed by atoms with Crippen LogP contribution >= 0.6 is 0 Å². The molecule has 0 aliphatic heterocycles. The highest BCUT2D eigenvalue weighted by molar-refractivity contribution is 5.79. The van der Waals surface area contributed by atoms with Gasteiger partial charge in [0.2, 0.25) is 5.91 Å². The van der Waals surface area contributed by atoms with Gasteiger partial charge in [0.05, 0.1) is 12.6 Å². The minimum absolute atomic E-state index is 0.271. The summed E-state index contributed by atoms with van der Waals surface area (Å²) in [5.41, 5.74) is -0.862. The van der Waals surface area contributed by atoms with Gasteiger partial charge in [-0.2, -0.15) is 18.4 Å². The third kappa shape index (κ3) is 4.58. The molecule has 1 atom stereocenters. The maximum absolute atomic E-state index is 12.3. The molecule has 22 heavy (non-hydrogen) atoms. The first kappa shape index (κ1) is 18.7. The van der Waals surface area contributed by atoms with E-state index in [0.29, 0.717) is 12.8 Å². The topological polar surface area (TPSA) is 67.6 Å². The Labute approximate surface area is 128 Å². The highest BCUT2D eigenvalue weighted by atomic mass is 19.4. The molecular weight excluding hydrogens is 299 g/mol. The number of nitrogens with zero attached hydrogens (tertiary/aromatic N) is 3. The van der Waals surface area contributed by atoms with E-state index in [-0.39, 0.29) is 6.54 Å². The van der Waals surface area contributed by atoms with Crippen molar-refractivity contribution in [3.05, 3.63) is 0 Å². The summed E-state index contributed by atoms with van der Waals surface area (Å²) >= 11 is 0. The third-order valence-electron chi connectivity index (χ3n) is 4.17. The molecule has 1 saturated carbocycles. The van der Waals surface area contributed by atoms with E-state index < -0.39 is 30.3 Å². The normalized spacial score (nSPS) is 19.5. The second-order valence-electron chi connectivity index (χ2n) is 5.91. The lowest BCUT2D eigenvalue weighted by Gasteiger charge is -2.39. The van der Waals surface area contributed by atoms with Crippen molar-refractivity contribution in [3.63, 3.8) is 0 Å². The van der Waals surface area contributed by atoms with E-state index in [0.717, 1.165) is 24.2 Å². The van der Waals surface area contributed by atoms with Crippen molar-refractivity contribution in [1.82, 2.24) is 9.80 Å². The van der Waals surface area contributed by atoms with Gasteiger partial charge in [0.15, 0.2) is 6.10 Å². The van der Waals surface area contributed by atoms with E-state index in [4.69, 9.17) is 5.11 Å². The van der Waals surface area contributed by atoms with Crippen LogP contribution < -0.4 is 0 Å². The third-order valence-corrected chi connectivity index (χ3v) is 4.17. The van der Waals surface area contributed by atoms with E-state index >= 15 is 0 Å². The highest BCUT2D eigenvalue weighted by Crippen LogP contribution is 2.32. The number of hydrogen-bond donors (Lipinski definition) is 1. The van der Waals surface area contributed by atoms with Gasteiger partial charge in [-0.15, -0.1) is 0 Å². The zero-order chi connectivity index (χ0) is 17.0. The van der Waals surface area contributed by atoms with Crippen molar-refractivity contribution >= 4 is 5.91 Å². The van der Waals surface area contributed by atoms with Gasteiger partial charge < -0.3 is 10.0 Å². The fourth-order valence-electron chi connectivity index (χ4n) is 2.70. The molecule has 1 N–H and O–H groups in total. The van der Waals surface area contributed by atoms with Gasteiger partial charge in [-0.25, -0.2) is 0 Å². The molecule has 0 heterocycles. The van der Waals surface area contributed by atoms with Gasteiger partial charge >= 0.3 is 6.18 Å². The molecule has 1 fully saturated rings. The second kappa shape index (κ2) is 7.29. The molecule has 1 aliphatic rings. The first-order valence-corrected chi connectivity index (χ1v) is 7.23. The molecule has 8 heteroatoms. The lowest BCUT2D eigenvalue weighted by atomic mass is 9.81. The number of nitriles is 1. The fraction of sp³-hybridized carbons (Fsp3) is 0.857. The lowest BCUT2D eigenvalue weighted by Crippen LogP contribution is -2.53. The molecule has 0 spiro atoms. The molecule has 1 amide bonds. The van der Waals surface area contributed by atoms with Crippen molar-refractivity contribution in [3.8, 4) is 6.07 Å². The standard InChI is InChI=1S/C14H22F3N3O2/c1-19(8-11(21)14(15,16)17)9-12(22)20(2)13(10-18)6-4-3-5-7-13/h11,21H,3-9H2,1-2H3. The van der Waals surface area contributed by atoms with E-state index in [1.54, 1.807) is 0 Å². The summed E-state index contributed by atoms with van der Waals surface area (Å²) in [6.45, 7) is -0.949. The van der Waals surface area contributed by atoms with Crippen LogP contribution in [0.1, 0.15) is 32.1 Å². The number of halogens is 3. The maximum Gasteiger partial charge on any atom is 0.415 e. The summed E-state index contributed by atoms with van der Waals surface area (Å²) in [7, 11) is 2.85. The number of amides is 1. The Hall–Kier alpha value is -1.33. The highest BCUT2D eigenvalue weighted by Gasteiger charge is 2.41. The van der Waals surface area contributed by atoms with Crippen molar-refractivity contribution in [1.29, 1.82) is 5.26 Å². The number of alkyl halides is 3. The van der Waals surface area contributed by atoms with Gasteiger partial charge in [-0.3, -0.25) is 9.69 Å². The van der Waals surface area contributed by atoms with Crippen LogP contribution in [0, 0.1) is 11.3 Å².